The summed E-state index contributed by atoms with van der Waals surface area (Å²) < 4.78 is 20.5. The van der Waals surface area contributed by atoms with Crippen molar-refractivity contribution in [2.45, 2.75) is 25.4 Å². The predicted octanol–water partition coefficient (Wildman–Crippen LogP) is 7.11. The Kier molecular flexibility index (Phi) is 8.45. The van der Waals surface area contributed by atoms with Crippen molar-refractivity contribution in [2.24, 2.45) is 17.8 Å². The number of amides is 2. The van der Waals surface area contributed by atoms with E-state index in [9.17, 15) is 24.2 Å². The molecule has 7 nitrogen and oxygen atoms in total. The molecule has 4 atom stereocenters. The van der Waals surface area contributed by atoms with Gasteiger partial charge in [0.25, 0.3) is 0 Å². The zero-order valence-electron chi connectivity index (χ0n) is 25.7. The number of carbonyl (C=O) groups excluding carboxylic acids is 2. The van der Waals surface area contributed by atoms with Gasteiger partial charge in [0.05, 0.1) is 36.8 Å². The zero-order valence-corrected chi connectivity index (χ0v) is 25.7. The molecule has 2 fully saturated rings. The number of anilines is 3. The summed E-state index contributed by atoms with van der Waals surface area (Å²) >= 11 is 0. The number of halogens is 1. The Morgan fingerprint density at radius 3 is 2.30 bits per heavy atom. The molecule has 0 saturated carbocycles. The lowest BCUT2D eigenvalue weighted by Gasteiger charge is -2.31. The first kappa shape index (κ1) is 30.6. The summed E-state index contributed by atoms with van der Waals surface area (Å²) in [6.07, 6.45) is 3.06. The van der Waals surface area contributed by atoms with Crippen LogP contribution in [0.25, 0.3) is 11.6 Å². The standard InChI is InChI=1S/C39H35FN2O5/c40-33-20-24(11-17-34(33)44)19-26(25-7-3-1-4-8-25)12-18-35-36-27(22-43)21-31-37(32(36)23-47-35)39(46)42(38(31)45)30-15-13-29(14-16-30)41-28-9-5-2-6-10-28/h1-11,13-17,19-20,31-32,35,37,41,43-44H,12,18,21-23H2/b26-19-/t31-,32+,35-,37-/m1/s1. The van der Waals surface area contributed by atoms with Crippen molar-refractivity contribution in [3.8, 4) is 5.75 Å². The van der Waals surface area contributed by atoms with E-state index in [0.717, 1.165) is 33.7 Å². The quantitative estimate of drug-likeness (QED) is 0.104. The average molecular weight is 631 g/mol. The van der Waals surface area contributed by atoms with Gasteiger partial charge in [-0.15, -0.1) is 0 Å². The number of nitrogens with zero attached hydrogens (tertiary/aromatic N) is 1. The van der Waals surface area contributed by atoms with Crippen molar-refractivity contribution in [3.63, 3.8) is 0 Å². The third-order valence-electron chi connectivity index (χ3n) is 9.52. The fraction of sp³-hybridized carbons (Fsp3) is 0.231. The molecule has 7 rings (SSSR count). The van der Waals surface area contributed by atoms with Crippen LogP contribution >= 0.6 is 0 Å². The number of allylic oxidation sites excluding steroid dienone is 1. The zero-order chi connectivity index (χ0) is 32.5. The number of phenolic OH excluding ortho intramolecular Hbond substituents is 1. The minimum Gasteiger partial charge on any atom is -0.505 e. The number of ether oxygens (including phenoxy) is 1. The van der Waals surface area contributed by atoms with E-state index >= 15 is 0 Å². The van der Waals surface area contributed by atoms with Crippen LogP contribution in [0.1, 0.15) is 30.4 Å². The molecule has 0 aromatic heterocycles. The highest BCUT2D eigenvalue weighted by molar-refractivity contribution is 6.22. The van der Waals surface area contributed by atoms with Crippen molar-refractivity contribution in [1.29, 1.82) is 0 Å². The second-order valence-corrected chi connectivity index (χ2v) is 12.3. The molecule has 8 heteroatoms. The summed E-state index contributed by atoms with van der Waals surface area (Å²) in [5.41, 5.74) is 6.58. The lowest BCUT2D eigenvalue weighted by Crippen LogP contribution is -2.35. The van der Waals surface area contributed by atoms with E-state index in [1.807, 2.05) is 78.9 Å². The normalized spacial score (nSPS) is 22.4. The van der Waals surface area contributed by atoms with Crippen molar-refractivity contribution in [2.75, 3.05) is 23.4 Å². The summed E-state index contributed by atoms with van der Waals surface area (Å²) in [6, 6.07) is 31.1. The van der Waals surface area contributed by atoms with Crippen LogP contribution in [0.3, 0.4) is 0 Å². The van der Waals surface area contributed by atoms with E-state index in [1.165, 1.54) is 17.0 Å². The predicted molar refractivity (Wildman–Crippen MR) is 179 cm³/mol. The number of carbonyl (C=O) groups is 2. The average Bonchev–Trinajstić information content (AvgIpc) is 3.63. The SMILES string of the molecule is O=C1[C@@H]2[C@@H](CC(CO)=C3[C@@H](CC/C(=C/c4ccc(O)c(F)c4)c4ccccc4)OC[C@@H]32)C(=O)N1c1ccc(Nc2ccccc2)cc1. The molecule has 2 saturated heterocycles. The van der Waals surface area contributed by atoms with E-state index in [2.05, 4.69) is 5.32 Å². The van der Waals surface area contributed by atoms with E-state index in [1.54, 1.807) is 18.2 Å². The number of benzene rings is 4. The van der Waals surface area contributed by atoms with Crippen LogP contribution in [0.4, 0.5) is 21.5 Å². The van der Waals surface area contributed by atoms with E-state index in [-0.39, 0.29) is 30.4 Å². The summed E-state index contributed by atoms with van der Waals surface area (Å²) in [6.45, 7) is 0.0927. The number of rotatable bonds is 9. The topological polar surface area (TPSA) is 99.1 Å². The molecule has 1 aliphatic carbocycles. The molecule has 2 amide bonds. The highest BCUT2D eigenvalue weighted by Gasteiger charge is 2.57. The van der Waals surface area contributed by atoms with Crippen molar-refractivity contribution >= 4 is 40.5 Å². The van der Waals surface area contributed by atoms with Gasteiger partial charge in [-0.25, -0.2) is 4.39 Å². The molecule has 2 heterocycles. The number of aliphatic hydroxyl groups is 1. The highest BCUT2D eigenvalue weighted by Crippen LogP contribution is 2.50. The first-order valence-corrected chi connectivity index (χ1v) is 15.9. The van der Waals surface area contributed by atoms with Gasteiger partial charge in [-0.2, -0.15) is 0 Å². The molecule has 4 aromatic rings. The van der Waals surface area contributed by atoms with Crippen LogP contribution < -0.4 is 10.2 Å². The molecule has 3 aliphatic rings. The lowest BCUT2D eigenvalue weighted by atomic mass is 9.69. The highest BCUT2D eigenvalue weighted by atomic mass is 19.1. The lowest BCUT2D eigenvalue weighted by molar-refractivity contribution is -0.122. The number of phenols is 1. The van der Waals surface area contributed by atoms with Crippen LogP contribution in [-0.4, -0.2) is 41.3 Å². The molecule has 2 aliphatic heterocycles. The fourth-order valence-corrected chi connectivity index (χ4v) is 7.31. The molecule has 47 heavy (non-hydrogen) atoms. The first-order chi connectivity index (χ1) is 22.9. The van der Waals surface area contributed by atoms with Crippen LogP contribution in [0, 0.1) is 23.6 Å². The minimum absolute atomic E-state index is 0.204. The van der Waals surface area contributed by atoms with Crippen molar-refractivity contribution in [3.05, 3.63) is 131 Å². The number of nitrogens with one attached hydrogen (secondary N) is 1. The van der Waals surface area contributed by atoms with Crippen LogP contribution in [0.15, 0.2) is 114 Å². The van der Waals surface area contributed by atoms with Gasteiger partial charge in [-0.05, 0) is 95.6 Å². The molecular formula is C39H35FN2O5. The van der Waals surface area contributed by atoms with E-state index < -0.39 is 23.4 Å². The molecule has 4 aromatic carbocycles. The smallest absolute Gasteiger partial charge is 0.238 e. The van der Waals surface area contributed by atoms with Gasteiger partial charge in [0, 0.05) is 17.3 Å². The number of fused-ring (bicyclic) bond motifs is 3. The van der Waals surface area contributed by atoms with Crippen LogP contribution in [0.5, 0.6) is 5.75 Å². The fourth-order valence-electron chi connectivity index (χ4n) is 7.31. The molecule has 0 unspecified atom stereocenters. The second-order valence-electron chi connectivity index (χ2n) is 12.3. The largest absolute Gasteiger partial charge is 0.505 e. The van der Waals surface area contributed by atoms with Crippen molar-refractivity contribution < 1.29 is 28.9 Å². The first-order valence-electron chi connectivity index (χ1n) is 15.9. The molecule has 0 radical (unpaired) electrons. The molecule has 0 spiro atoms. The summed E-state index contributed by atoms with van der Waals surface area (Å²) in [4.78, 5) is 29.0. The summed E-state index contributed by atoms with van der Waals surface area (Å²) in [5.74, 6) is -2.96. The summed E-state index contributed by atoms with van der Waals surface area (Å²) in [7, 11) is 0. The minimum atomic E-state index is -0.688. The van der Waals surface area contributed by atoms with Gasteiger partial charge in [0.2, 0.25) is 11.8 Å². The number of aliphatic hydroxyl groups excluding tert-OH is 1. The number of hydrogen-bond donors (Lipinski definition) is 3. The molecule has 238 valence electrons. The Hall–Kier alpha value is -5.05. The maximum absolute atomic E-state index is 14.1. The Labute approximate surface area is 272 Å². The molecule has 3 N–H and O–H groups in total. The Morgan fingerprint density at radius 1 is 0.894 bits per heavy atom. The number of aromatic hydroxyl groups is 1. The molecular weight excluding hydrogens is 595 g/mol. The van der Waals surface area contributed by atoms with Gasteiger partial charge in [0.15, 0.2) is 11.6 Å². The number of imide groups is 1. The maximum atomic E-state index is 14.1. The van der Waals surface area contributed by atoms with Gasteiger partial charge in [0.1, 0.15) is 0 Å². The maximum Gasteiger partial charge on any atom is 0.238 e. The Bertz CT molecular complexity index is 1860. The van der Waals surface area contributed by atoms with Gasteiger partial charge >= 0.3 is 0 Å². The third-order valence-corrected chi connectivity index (χ3v) is 9.52. The number of hydrogen-bond acceptors (Lipinski definition) is 6. The number of para-hydroxylation sites is 1. The third kappa shape index (κ3) is 5.98. The Balaban J connectivity index is 1.11. The van der Waals surface area contributed by atoms with Gasteiger partial charge in [-0.3, -0.25) is 14.5 Å². The van der Waals surface area contributed by atoms with Crippen LogP contribution in [0.2, 0.25) is 0 Å². The monoisotopic (exact) mass is 630 g/mol. The Morgan fingerprint density at radius 2 is 1.60 bits per heavy atom. The van der Waals surface area contributed by atoms with Gasteiger partial charge in [-0.1, -0.05) is 60.7 Å². The molecule has 0 bridgehead atoms. The second kappa shape index (κ2) is 13.0. The summed E-state index contributed by atoms with van der Waals surface area (Å²) in [5, 5.41) is 23.4. The van der Waals surface area contributed by atoms with E-state index in [4.69, 9.17) is 4.74 Å². The van der Waals surface area contributed by atoms with E-state index in [0.29, 0.717) is 37.1 Å². The van der Waals surface area contributed by atoms with Crippen molar-refractivity contribution in [1.82, 2.24) is 0 Å². The van der Waals surface area contributed by atoms with Crippen LogP contribution in [-0.2, 0) is 14.3 Å². The van der Waals surface area contributed by atoms with Gasteiger partial charge < -0.3 is 20.3 Å².